The number of benzene rings is 1. The van der Waals surface area contributed by atoms with Gasteiger partial charge in [0, 0.05) is 12.1 Å². The van der Waals surface area contributed by atoms with Gasteiger partial charge < -0.3 is 9.47 Å². The third kappa shape index (κ3) is 3.60. The summed E-state index contributed by atoms with van der Waals surface area (Å²) in [6.07, 6.45) is 8.19. The first-order chi connectivity index (χ1) is 9.72. The minimum absolute atomic E-state index is 0.632. The Kier molecular flexibility index (Phi) is 4.77. The third-order valence-electron chi connectivity index (χ3n) is 2.96. The Morgan fingerprint density at radius 3 is 2.35 bits per heavy atom. The van der Waals surface area contributed by atoms with Crippen LogP contribution in [0.1, 0.15) is 18.1 Å². The van der Waals surface area contributed by atoms with Crippen molar-refractivity contribution in [3.05, 3.63) is 53.9 Å². The topological polar surface area (TPSA) is 22.3 Å². The van der Waals surface area contributed by atoms with Gasteiger partial charge in [-0.1, -0.05) is 18.2 Å². The van der Waals surface area contributed by atoms with Crippen molar-refractivity contribution in [2.24, 2.45) is 7.05 Å². The molecule has 0 aliphatic heterocycles. The summed E-state index contributed by atoms with van der Waals surface area (Å²) < 4.78 is 12.9. The second kappa shape index (κ2) is 6.75. The van der Waals surface area contributed by atoms with E-state index in [0.29, 0.717) is 6.61 Å². The predicted octanol–water partition coefficient (Wildman–Crippen LogP) is 3.09. The van der Waals surface area contributed by atoms with Crippen LogP contribution >= 0.6 is 0 Å². The molecule has 20 heavy (non-hydrogen) atoms. The average molecular weight is 270 g/mol. The van der Waals surface area contributed by atoms with Gasteiger partial charge in [-0.05, 0) is 30.2 Å². The van der Waals surface area contributed by atoms with Gasteiger partial charge in [-0.3, -0.25) is 0 Å². The highest BCUT2D eigenvalue weighted by Crippen LogP contribution is 2.28. The molecule has 0 aliphatic rings. The zero-order chi connectivity index (χ0) is 14.4. The smallest absolute Gasteiger partial charge is 0.169 e. The fraction of sp³-hybridized carbons (Fsp3) is 0.235. The number of pyridine rings is 1. The normalized spacial score (nSPS) is 10.8. The molecule has 104 valence electrons. The lowest BCUT2D eigenvalue weighted by atomic mass is 10.1. The van der Waals surface area contributed by atoms with Crippen LogP contribution in [0, 0.1) is 0 Å². The predicted molar refractivity (Wildman–Crippen MR) is 80.7 cm³/mol. The van der Waals surface area contributed by atoms with Gasteiger partial charge in [-0.2, -0.15) is 0 Å². The standard InChI is InChI=1S/C17H20NO2/c1-4-20-16-8-7-15(13-17(16)19-3)6-5-14-9-11-18(2)12-10-14/h5-13H,4H2,1-3H3/q+1/b6-5+. The highest BCUT2D eigenvalue weighted by atomic mass is 16.5. The molecule has 1 heterocycles. The zero-order valence-corrected chi connectivity index (χ0v) is 12.2. The number of methoxy groups -OCH3 is 1. The van der Waals surface area contributed by atoms with Crippen molar-refractivity contribution in [3.63, 3.8) is 0 Å². The molecular weight excluding hydrogens is 250 g/mol. The van der Waals surface area contributed by atoms with Crippen LogP contribution in [-0.2, 0) is 7.05 Å². The maximum absolute atomic E-state index is 5.51. The Balaban J connectivity index is 2.18. The fourth-order valence-corrected chi connectivity index (χ4v) is 1.88. The van der Waals surface area contributed by atoms with Gasteiger partial charge >= 0.3 is 0 Å². The number of ether oxygens (including phenoxy) is 2. The maximum atomic E-state index is 5.51. The summed E-state index contributed by atoms with van der Waals surface area (Å²) in [4.78, 5) is 0. The summed E-state index contributed by atoms with van der Waals surface area (Å²) in [7, 11) is 3.66. The molecule has 0 N–H and O–H groups in total. The van der Waals surface area contributed by atoms with Crippen LogP contribution in [0.4, 0.5) is 0 Å². The van der Waals surface area contributed by atoms with Crippen LogP contribution in [0.15, 0.2) is 42.7 Å². The number of rotatable bonds is 5. The molecule has 0 saturated carbocycles. The lowest BCUT2D eigenvalue weighted by Gasteiger charge is -2.09. The summed E-state index contributed by atoms with van der Waals surface area (Å²) >= 11 is 0. The van der Waals surface area contributed by atoms with Gasteiger partial charge in [0.25, 0.3) is 0 Å². The van der Waals surface area contributed by atoms with Gasteiger partial charge in [0.1, 0.15) is 7.05 Å². The molecule has 2 aromatic rings. The Hall–Kier alpha value is -2.29. The molecule has 0 radical (unpaired) electrons. The monoisotopic (exact) mass is 270 g/mol. The number of aromatic nitrogens is 1. The molecule has 0 amide bonds. The maximum Gasteiger partial charge on any atom is 0.169 e. The molecule has 0 bridgehead atoms. The highest BCUT2D eigenvalue weighted by molar-refractivity contribution is 5.70. The lowest BCUT2D eigenvalue weighted by Crippen LogP contribution is -2.25. The van der Waals surface area contributed by atoms with E-state index < -0.39 is 0 Å². The SMILES string of the molecule is CCOc1ccc(/C=C/c2cc[n+](C)cc2)cc1OC. The molecule has 0 spiro atoms. The van der Waals surface area contributed by atoms with Crippen molar-refractivity contribution in [2.75, 3.05) is 13.7 Å². The van der Waals surface area contributed by atoms with Gasteiger partial charge in [0.15, 0.2) is 23.9 Å². The largest absolute Gasteiger partial charge is 0.493 e. The summed E-state index contributed by atoms with van der Waals surface area (Å²) in [5.41, 5.74) is 2.24. The van der Waals surface area contributed by atoms with E-state index in [1.54, 1.807) is 7.11 Å². The summed E-state index contributed by atoms with van der Waals surface area (Å²) in [5, 5.41) is 0. The molecule has 0 aliphatic carbocycles. The van der Waals surface area contributed by atoms with Crippen LogP contribution in [0.3, 0.4) is 0 Å². The molecular formula is C17H20NO2+. The number of hydrogen-bond donors (Lipinski definition) is 0. The van der Waals surface area contributed by atoms with Crippen molar-refractivity contribution in [3.8, 4) is 11.5 Å². The van der Waals surface area contributed by atoms with E-state index in [1.807, 2.05) is 49.1 Å². The molecule has 3 heteroatoms. The van der Waals surface area contributed by atoms with Crippen molar-refractivity contribution < 1.29 is 14.0 Å². The Bertz CT molecular complexity index is 588. The van der Waals surface area contributed by atoms with E-state index in [-0.39, 0.29) is 0 Å². The van der Waals surface area contributed by atoms with Crippen molar-refractivity contribution in [2.45, 2.75) is 6.92 Å². The first-order valence-electron chi connectivity index (χ1n) is 6.67. The van der Waals surface area contributed by atoms with Crippen LogP contribution in [0.2, 0.25) is 0 Å². The first kappa shape index (κ1) is 14.1. The molecule has 0 atom stereocenters. The highest BCUT2D eigenvalue weighted by Gasteiger charge is 2.03. The molecule has 2 rings (SSSR count). The van der Waals surface area contributed by atoms with Crippen molar-refractivity contribution in [1.82, 2.24) is 0 Å². The van der Waals surface area contributed by atoms with E-state index in [9.17, 15) is 0 Å². The minimum atomic E-state index is 0.632. The molecule has 0 fully saturated rings. The van der Waals surface area contributed by atoms with E-state index in [4.69, 9.17) is 9.47 Å². The second-order valence-corrected chi connectivity index (χ2v) is 4.47. The minimum Gasteiger partial charge on any atom is -0.493 e. The summed E-state index contributed by atoms with van der Waals surface area (Å²) in [5.74, 6) is 1.53. The summed E-state index contributed by atoms with van der Waals surface area (Å²) in [6, 6.07) is 10.1. The van der Waals surface area contributed by atoms with Gasteiger partial charge in [-0.25, -0.2) is 4.57 Å². The molecule has 1 aromatic carbocycles. The van der Waals surface area contributed by atoms with E-state index in [0.717, 1.165) is 22.6 Å². The van der Waals surface area contributed by atoms with E-state index in [2.05, 4.69) is 24.3 Å². The van der Waals surface area contributed by atoms with Crippen molar-refractivity contribution in [1.29, 1.82) is 0 Å². The van der Waals surface area contributed by atoms with Gasteiger partial charge in [0.05, 0.1) is 13.7 Å². The first-order valence-corrected chi connectivity index (χ1v) is 6.67. The van der Waals surface area contributed by atoms with Crippen molar-refractivity contribution >= 4 is 12.2 Å². The van der Waals surface area contributed by atoms with E-state index in [1.165, 1.54) is 0 Å². The fourth-order valence-electron chi connectivity index (χ4n) is 1.88. The Morgan fingerprint density at radius 2 is 1.70 bits per heavy atom. The Morgan fingerprint density at radius 1 is 1.00 bits per heavy atom. The second-order valence-electron chi connectivity index (χ2n) is 4.47. The Labute approximate surface area is 120 Å². The van der Waals surface area contributed by atoms with E-state index >= 15 is 0 Å². The number of nitrogens with zero attached hydrogens (tertiary/aromatic N) is 1. The molecule has 1 aromatic heterocycles. The molecule has 0 unspecified atom stereocenters. The number of aryl methyl sites for hydroxylation is 1. The quantitative estimate of drug-likeness (QED) is 0.779. The van der Waals surface area contributed by atoms with Crippen LogP contribution < -0.4 is 14.0 Å². The molecule has 0 saturated heterocycles. The zero-order valence-electron chi connectivity index (χ0n) is 12.2. The van der Waals surface area contributed by atoms with Gasteiger partial charge in [-0.15, -0.1) is 0 Å². The number of hydrogen-bond acceptors (Lipinski definition) is 2. The third-order valence-corrected chi connectivity index (χ3v) is 2.96. The van der Waals surface area contributed by atoms with Crippen LogP contribution in [0.25, 0.3) is 12.2 Å². The van der Waals surface area contributed by atoms with Crippen LogP contribution in [-0.4, -0.2) is 13.7 Å². The van der Waals surface area contributed by atoms with Gasteiger partial charge in [0.2, 0.25) is 0 Å². The van der Waals surface area contributed by atoms with Crippen LogP contribution in [0.5, 0.6) is 11.5 Å². The summed E-state index contributed by atoms with van der Waals surface area (Å²) in [6.45, 7) is 2.59. The lowest BCUT2D eigenvalue weighted by molar-refractivity contribution is -0.671. The average Bonchev–Trinajstić information content (AvgIpc) is 2.48. The molecule has 3 nitrogen and oxygen atoms in total.